The van der Waals surface area contributed by atoms with Crippen LogP contribution in [0.15, 0.2) is 109 Å². The summed E-state index contributed by atoms with van der Waals surface area (Å²) in [7, 11) is 0. The van der Waals surface area contributed by atoms with Crippen molar-refractivity contribution in [3.05, 3.63) is 148 Å². The van der Waals surface area contributed by atoms with Crippen molar-refractivity contribution < 1.29 is 23.8 Å². The Kier molecular flexibility index (Phi) is 9.05. The van der Waals surface area contributed by atoms with E-state index >= 15 is 0 Å². The van der Waals surface area contributed by atoms with Crippen molar-refractivity contribution in [2.75, 3.05) is 6.61 Å². The van der Waals surface area contributed by atoms with Gasteiger partial charge >= 0.3 is 5.97 Å². The molecule has 1 aliphatic heterocycles. The second-order valence-corrected chi connectivity index (χ2v) is 12.2. The fourth-order valence-electron chi connectivity index (χ4n) is 6.08. The summed E-state index contributed by atoms with van der Waals surface area (Å²) in [5.41, 5.74) is 5.38. The molecular formula is C37H36ClFO4. The molecule has 43 heavy (non-hydrogen) atoms. The molecule has 0 spiro atoms. The number of hydrogen-bond acceptors (Lipinski definition) is 3. The molecule has 1 fully saturated rings. The van der Waals surface area contributed by atoms with E-state index in [9.17, 15) is 14.3 Å². The minimum absolute atomic E-state index is 0.0885. The summed E-state index contributed by atoms with van der Waals surface area (Å²) in [6.07, 6.45) is -0.247. The zero-order chi connectivity index (χ0) is 30.7. The van der Waals surface area contributed by atoms with Crippen LogP contribution in [0.25, 0.3) is 0 Å². The summed E-state index contributed by atoms with van der Waals surface area (Å²) >= 11 is 6.42. The zero-order valence-electron chi connectivity index (χ0n) is 24.6. The van der Waals surface area contributed by atoms with Crippen LogP contribution in [0.4, 0.5) is 4.39 Å². The molecule has 4 atom stereocenters. The Morgan fingerprint density at radius 3 is 2.33 bits per heavy atom. The van der Waals surface area contributed by atoms with Gasteiger partial charge in [-0.05, 0) is 72.0 Å². The van der Waals surface area contributed by atoms with Gasteiger partial charge in [-0.25, -0.2) is 9.18 Å². The highest BCUT2D eigenvalue weighted by atomic mass is 35.5. The number of carboxylic acid groups (broad SMARTS) is 1. The van der Waals surface area contributed by atoms with Gasteiger partial charge in [0.1, 0.15) is 11.6 Å². The van der Waals surface area contributed by atoms with E-state index in [1.807, 2.05) is 61.5 Å². The molecule has 6 heteroatoms. The topological polar surface area (TPSA) is 55.8 Å². The van der Waals surface area contributed by atoms with Crippen LogP contribution in [0.5, 0.6) is 5.75 Å². The Labute approximate surface area is 257 Å². The van der Waals surface area contributed by atoms with Crippen LogP contribution in [-0.2, 0) is 14.9 Å². The third kappa shape index (κ3) is 6.69. The third-order valence-electron chi connectivity index (χ3n) is 8.52. The van der Waals surface area contributed by atoms with E-state index in [0.29, 0.717) is 17.2 Å². The Hall–Kier alpha value is -3.93. The third-order valence-corrected chi connectivity index (χ3v) is 8.76. The predicted molar refractivity (Wildman–Crippen MR) is 168 cm³/mol. The molecule has 0 radical (unpaired) electrons. The molecule has 222 valence electrons. The zero-order valence-corrected chi connectivity index (χ0v) is 25.4. The summed E-state index contributed by atoms with van der Waals surface area (Å²) in [6.45, 7) is 10.2. The second kappa shape index (κ2) is 12.7. The number of halogens is 2. The lowest BCUT2D eigenvalue weighted by Crippen LogP contribution is -2.32. The molecule has 1 N–H and O–H groups in total. The van der Waals surface area contributed by atoms with Crippen LogP contribution >= 0.6 is 11.6 Å². The highest BCUT2D eigenvalue weighted by Crippen LogP contribution is 2.53. The van der Waals surface area contributed by atoms with Crippen molar-refractivity contribution in [2.45, 2.75) is 50.7 Å². The van der Waals surface area contributed by atoms with Crippen molar-refractivity contribution >= 4 is 17.6 Å². The molecule has 4 aromatic rings. The maximum atomic E-state index is 14.0. The van der Waals surface area contributed by atoms with E-state index in [0.717, 1.165) is 33.4 Å². The van der Waals surface area contributed by atoms with Crippen molar-refractivity contribution in [3.8, 4) is 5.75 Å². The van der Waals surface area contributed by atoms with Gasteiger partial charge < -0.3 is 14.6 Å². The van der Waals surface area contributed by atoms with Gasteiger partial charge in [-0.2, -0.15) is 0 Å². The van der Waals surface area contributed by atoms with Gasteiger partial charge in [-0.3, -0.25) is 0 Å². The van der Waals surface area contributed by atoms with Crippen molar-refractivity contribution in [1.29, 1.82) is 0 Å². The lowest BCUT2D eigenvalue weighted by atomic mass is 9.72. The van der Waals surface area contributed by atoms with E-state index in [4.69, 9.17) is 21.1 Å². The van der Waals surface area contributed by atoms with E-state index in [1.54, 1.807) is 12.1 Å². The van der Waals surface area contributed by atoms with Crippen LogP contribution in [0.2, 0.25) is 5.02 Å². The number of benzene rings is 4. The average molecular weight is 599 g/mol. The minimum atomic E-state index is -1.06. The predicted octanol–water partition coefficient (Wildman–Crippen LogP) is 9.45. The second-order valence-electron chi connectivity index (χ2n) is 11.8. The first-order valence-corrected chi connectivity index (χ1v) is 14.8. The van der Waals surface area contributed by atoms with E-state index in [-0.39, 0.29) is 23.1 Å². The normalized spacial score (nSPS) is 20.4. The van der Waals surface area contributed by atoms with Crippen LogP contribution in [0.3, 0.4) is 0 Å². The molecule has 0 saturated carbocycles. The number of ether oxygens (including phenoxy) is 2. The monoisotopic (exact) mass is 598 g/mol. The van der Waals surface area contributed by atoms with Crippen LogP contribution in [0.1, 0.15) is 73.1 Å². The maximum Gasteiger partial charge on any atom is 0.341 e. The Morgan fingerprint density at radius 2 is 1.67 bits per heavy atom. The molecule has 0 unspecified atom stereocenters. The Balaban J connectivity index is 1.65. The van der Waals surface area contributed by atoms with Gasteiger partial charge in [0.25, 0.3) is 0 Å². The van der Waals surface area contributed by atoms with E-state index in [1.165, 1.54) is 12.1 Å². The summed E-state index contributed by atoms with van der Waals surface area (Å²) < 4.78 is 26.9. The average Bonchev–Trinajstić information content (AvgIpc) is 3.00. The molecule has 4 aromatic carbocycles. The molecule has 0 amide bonds. The first-order chi connectivity index (χ1) is 20.5. The lowest BCUT2D eigenvalue weighted by Gasteiger charge is -2.43. The smallest absolute Gasteiger partial charge is 0.341 e. The summed E-state index contributed by atoms with van der Waals surface area (Å²) in [6, 6.07) is 30.3. The Morgan fingerprint density at radius 1 is 0.953 bits per heavy atom. The van der Waals surface area contributed by atoms with Gasteiger partial charge in [0.2, 0.25) is 0 Å². The van der Waals surface area contributed by atoms with Gasteiger partial charge in [0.05, 0.1) is 12.2 Å². The number of carboxylic acids is 1. The molecule has 0 bridgehead atoms. The summed E-state index contributed by atoms with van der Waals surface area (Å²) in [4.78, 5) is 11.5. The number of hydrogen-bond donors (Lipinski definition) is 1. The minimum Gasteiger partial charge on any atom is -0.482 e. The highest BCUT2D eigenvalue weighted by Gasteiger charge is 2.42. The number of carbonyl (C=O) groups is 1. The van der Waals surface area contributed by atoms with E-state index in [2.05, 4.69) is 38.6 Å². The molecule has 1 saturated heterocycles. The Bertz CT molecular complexity index is 1600. The fourth-order valence-corrected chi connectivity index (χ4v) is 6.28. The number of rotatable bonds is 9. The largest absolute Gasteiger partial charge is 0.482 e. The van der Waals surface area contributed by atoms with Gasteiger partial charge in [0.15, 0.2) is 6.61 Å². The molecule has 0 aromatic heterocycles. The molecule has 4 nitrogen and oxygen atoms in total. The van der Waals surface area contributed by atoms with E-state index < -0.39 is 24.8 Å². The van der Waals surface area contributed by atoms with Gasteiger partial charge in [-0.15, -0.1) is 0 Å². The van der Waals surface area contributed by atoms with Gasteiger partial charge in [0, 0.05) is 27.8 Å². The highest BCUT2D eigenvalue weighted by molar-refractivity contribution is 6.30. The maximum absolute atomic E-state index is 14.0. The summed E-state index contributed by atoms with van der Waals surface area (Å²) in [5, 5.41) is 10.1. The van der Waals surface area contributed by atoms with Gasteiger partial charge in [-0.1, -0.05) is 98.3 Å². The molecule has 1 aliphatic rings. The van der Waals surface area contributed by atoms with Crippen LogP contribution in [0, 0.1) is 11.7 Å². The quantitative estimate of drug-likeness (QED) is 0.195. The van der Waals surface area contributed by atoms with Crippen molar-refractivity contribution in [2.24, 2.45) is 5.92 Å². The summed E-state index contributed by atoms with van der Waals surface area (Å²) in [5.74, 6) is -1.15. The standard InChI is InChI=1S/C37H36ClFO4/c1-23(2)30-21-31(25-9-8-12-28(38)19-25)35(24-13-16-29(39)17-14-24)43-36(30)32-20-27(15-18-33(32)42-22-34(40)41)37(3,4)26-10-6-5-7-11-26/h5-20,30-31,35-36H,1,21-22H2,2-4H3,(H,40,41)/t30-,31-,35+,36+/m1/s1. The number of aliphatic carboxylic acids is 1. The van der Waals surface area contributed by atoms with Crippen LogP contribution < -0.4 is 4.74 Å². The molecule has 1 heterocycles. The molecular weight excluding hydrogens is 563 g/mol. The fraction of sp³-hybridized carbons (Fsp3) is 0.270. The SMILES string of the molecule is C=C(C)[C@H]1C[C@H](c2cccc(Cl)c2)[C@H](c2ccc(F)cc2)O[C@@H]1c1cc(C(C)(C)c2ccccc2)ccc1OCC(=O)O. The first-order valence-electron chi connectivity index (χ1n) is 14.4. The first kappa shape index (κ1) is 30.5. The van der Waals surface area contributed by atoms with Crippen molar-refractivity contribution in [1.82, 2.24) is 0 Å². The molecule has 5 rings (SSSR count). The van der Waals surface area contributed by atoms with Crippen LogP contribution in [-0.4, -0.2) is 17.7 Å². The van der Waals surface area contributed by atoms with Crippen molar-refractivity contribution in [3.63, 3.8) is 0 Å². The lowest BCUT2D eigenvalue weighted by molar-refractivity contribution is -0.139. The molecule has 0 aliphatic carbocycles.